The molecule has 1 fully saturated rings. The van der Waals surface area contributed by atoms with E-state index in [2.05, 4.69) is 54.6 Å². The molecule has 2 N–H and O–H groups in total. The van der Waals surface area contributed by atoms with Crippen LogP contribution in [0, 0.1) is 0 Å². The average molecular weight is 388 g/mol. The van der Waals surface area contributed by atoms with Crippen LogP contribution >= 0.6 is 0 Å². The fourth-order valence-corrected chi connectivity index (χ4v) is 4.26. The number of anilines is 1. The third-order valence-corrected chi connectivity index (χ3v) is 5.78. The molecule has 0 bridgehead atoms. The van der Waals surface area contributed by atoms with E-state index in [9.17, 15) is 0 Å². The van der Waals surface area contributed by atoms with Gasteiger partial charge in [0.15, 0.2) is 11.5 Å². The van der Waals surface area contributed by atoms with E-state index in [4.69, 9.17) is 15.2 Å². The van der Waals surface area contributed by atoms with E-state index in [-0.39, 0.29) is 5.92 Å². The molecule has 150 valence electrons. The minimum atomic E-state index is 0.217. The predicted octanol–water partition coefficient (Wildman–Crippen LogP) is 5.97. The lowest BCUT2D eigenvalue weighted by atomic mass is 9.85. The Kier molecular flexibility index (Phi) is 6.04. The summed E-state index contributed by atoms with van der Waals surface area (Å²) in [6, 6.07) is 25.2. The minimum Gasteiger partial charge on any atom is -0.493 e. The zero-order chi connectivity index (χ0) is 20.1. The van der Waals surface area contributed by atoms with Crippen molar-refractivity contribution in [2.24, 2.45) is 0 Å². The van der Waals surface area contributed by atoms with Gasteiger partial charge in [0.2, 0.25) is 0 Å². The second-order valence-electron chi connectivity index (χ2n) is 7.85. The largest absolute Gasteiger partial charge is 0.493 e. The predicted molar refractivity (Wildman–Crippen MR) is 119 cm³/mol. The number of nitrogen functional groups attached to an aromatic ring is 1. The molecule has 4 rings (SSSR count). The van der Waals surface area contributed by atoms with E-state index in [1.807, 2.05) is 18.2 Å². The van der Waals surface area contributed by atoms with Crippen molar-refractivity contribution in [1.29, 1.82) is 0 Å². The van der Waals surface area contributed by atoms with Gasteiger partial charge in [-0.3, -0.25) is 0 Å². The van der Waals surface area contributed by atoms with Gasteiger partial charge in [-0.1, -0.05) is 48.5 Å². The molecule has 1 atom stereocenters. The zero-order valence-electron chi connectivity index (χ0n) is 17.0. The van der Waals surface area contributed by atoms with Crippen LogP contribution in [0.25, 0.3) is 0 Å². The van der Waals surface area contributed by atoms with Gasteiger partial charge in [-0.15, -0.1) is 0 Å². The summed E-state index contributed by atoms with van der Waals surface area (Å²) in [6.07, 6.45) is 5.91. The van der Waals surface area contributed by atoms with E-state index >= 15 is 0 Å². The van der Waals surface area contributed by atoms with Crippen molar-refractivity contribution in [2.45, 2.75) is 44.1 Å². The molecule has 0 aliphatic heterocycles. The molecular weight excluding hydrogens is 358 g/mol. The van der Waals surface area contributed by atoms with E-state index < -0.39 is 0 Å². The van der Waals surface area contributed by atoms with Gasteiger partial charge >= 0.3 is 0 Å². The zero-order valence-corrected chi connectivity index (χ0v) is 17.0. The summed E-state index contributed by atoms with van der Waals surface area (Å²) in [7, 11) is 1.71. The van der Waals surface area contributed by atoms with Crippen LogP contribution in [0.4, 0.5) is 5.69 Å². The van der Waals surface area contributed by atoms with Crippen molar-refractivity contribution in [1.82, 2.24) is 0 Å². The van der Waals surface area contributed by atoms with Gasteiger partial charge in [0, 0.05) is 11.6 Å². The van der Waals surface area contributed by atoms with Gasteiger partial charge in [-0.25, -0.2) is 0 Å². The first kappa shape index (κ1) is 19.4. The Morgan fingerprint density at radius 3 is 2.38 bits per heavy atom. The van der Waals surface area contributed by atoms with Crippen LogP contribution in [0.5, 0.6) is 11.5 Å². The van der Waals surface area contributed by atoms with Crippen molar-refractivity contribution in [3.63, 3.8) is 0 Å². The molecule has 1 unspecified atom stereocenters. The van der Waals surface area contributed by atoms with Crippen LogP contribution in [0.1, 0.15) is 48.3 Å². The van der Waals surface area contributed by atoms with Crippen molar-refractivity contribution in [3.8, 4) is 11.5 Å². The first-order chi connectivity index (χ1) is 14.2. The van der Waals surface area contributed by atoms with Crippen molar-refractivity contribution in [2.75, 3.05) is 12.8 Å². The smallest absolute Gasteiger partial charge is 0.161 e. The standard InChI is InChI=1S/C26H29NO2/c1-28-25-15-14-21(18-26(25)29-23-12-5-6-13-23)24(20-9-3-2-4-10-20)17-19-8-7-11-22(27)16-19/h2-4,7-11,14-16,18,23-24H,5-6,12-13,17,27H2,1H3. The Bertz CT molecular complexity index is 932. The first-order valence-electron chi connectivity index (χ1n) is 10.5. The Labute approximate surface area is 173 Å². The van der Waals surface area contributed by atoms with Gasteiger partial charge in [0.05, 0.1) is 13.2 Å². The summed E-state index contributed by atoms with van der Waals surface area (Å²) in [4.78, 5) is 0. The van der Waals surface area contributed by atoms with E-state index in [0.29, 0.717) is 6.10 Å². The fraction of sp³-hybridized carbons (Fsp3) is 0.308. The van der Waals surface area contributed by atoms with Crippen LogP contribution in [-0.2, 0) is 6.42 Å². The highest BCUT2D eigenvalue weighted by Crippen LogP contribution is 2.37. The summed E-state index contributed by atoms with van der Waals surface area (Å²) in [6.45, 7) is 0. The lowest BCUT2D eigenvalue weighted by Gasteiger charge is -2.22. The molecule has 0 amide bonds. The summed E-state index contributed by atoms with van der Waals surface area (Å²) >= 11 is 0. The molecule has 3 nitrogen and oxygen atoms in total. The molecule has 0 saturated heterocycles. The fourth-order valence-electron chi connectivity index (χ4n) is 4.26. The SMILES string of the molecule is COc1ccc(C(Cc2cccc(N)c2)c2ccccc2)cc1OC1CCCC1. The second kappa shape index (κ2) is 9.04. The van der Waals surface area contributed by atoms with Crippen LogP contribution in [-0.4, -0.2) is 13.2 Å². The summed E-state index contributed by atoms with van der Waals surface area (Å²) in [5.74, 6) is 1.87. The minimum absolute atomic E-state index is 0.217. The summed E-state index contributed by atoms with van der Waals surface area (Å²) < 4.78 is 11.9. The Morgan fingerprint density at radius 2 is 1.66 bits per heavy atom. The van der Waals surface area contributed by atoms with E-state index in [0.717, 1.165) is 36.4 Å². The number of ether oxygens (including phenoxy) is 2. The maximum Gasteiger partial charge on any atom is 0.161 e. The van der Waals surface area contributed by atoms with Crippen LogP contribution < -0.4 is 15.2 Å². The third kappa shape index (κ3) is 4.73. The molecule has 1 aliphatic carbocycles. The van der Waals surface area contributed by atoms with Crippen LogP contribution in [0.15, 0.2) is 72.8 Å². The highest BCUT2D eigenvalue weighted by molar-refractivity contribution is 5.48. The highest BCUT2D eigenvalue weighted by atomic mass is 16.5. The third-order valence-electron chi connectivity index (χ3n) is 5.78. The van der Waals surface area contributed by atoms with Crippen LogP contribution in [0.2, 0.25) is 0 Å². The quantitative estimate of drug-likeness (QED) is 0.508. The molecule has 3 aromatic carbocycles. The van der Waals surface area contributed by atoms with E-state index in [1.54, 1.807) is 7.11 Å². The maximum atomic E-state index is 6.35. The molecule has 1 aliphatic rings. The second-order valence-corrected chi connectivity index (χ2v) is 7.85. The monoisotopic (exact) mass is 387 g/mol. The first-order valence-corrected chi connectivity index (χ1v) is 10.5. The molecule has 0 aromatic heterocycles. The molecule has 0 spiro atoms. The molecule has 3 heteroatoms. The summed E-state index contributed by atoms with van der Waals surface area (Å²) in [5.41, 5.74) is 10.6. The molecule has 3 aromatic rings. The Hall–Kier alpha value is -2.94. The Balaban J connectivity index is 1.69. The number of hydrogen-bond acceptors (Lipinski definition) is 3. The highest BCUT2D eigenvalue weighted by Gasteiger charge is 2.21. The molecule has 1 saturated carbocycles. The normalized spacial score (nSPS) is 15.2. The lowest BCUT2D eigenvalue weighted by molar-refractivity contribution is 0.200. The number of rotatable bonds is 7. The number of nitrogens with two attached hydrogens (primary N) is 1. The molecular formula is C26H29NO2. The molecule has 29 heavy (non-hydrogen) atoms. The van der Waals surface area contributed by atoms with Gasteiger partial charge in [-0.2, -0.15) is 0 Å². The summed E-state index contributed by atoms with van der Waals surface area (Å²) in [5, 5.41) is 0. The van der Waals surface area contributed by atoms with Gasteiger partial charge in [-0.05, 0) is 73.1 Å². The Morgan fingerprint density at radius 1 is 0.862 bits per heavy atom. The van der Waals surface area contributed by atoms with Crippen molar-refractivity contribution < 1.29 is 9.47 Å². The van der Waals surface area contributed by atoms with Crippen molar-refractivity contribution >= 4 is 5.69 Å². The topological polar surface area (TPSA) is 44.5 Å². The van der Waals surface area contributed by atoms with Gasteiger partial charge < -0.3 is 15.2 Å². The van der Waals surface area contributed by atoms with Gasteiger partial charge in [0.25, 0.3) is 0 Å². The van der Waals surface area contributed by atoms with Gasteiger partial charge in [0.1, 0.15) is 0 Å². The van der Waals surface area contributed by atoms with Crippen molar-refractivity contribution in [3.05, 3.63) is 89.5 Å². The van der Waals surface area contributed by atoms with E-state index in [1.165, 1.54) is 29.5 Å². The lowest BCUT2D eigenvalue weighted by Crippen LogP contribution is -2.12. The number of benzene rings is 3. The molecule has 0 heterocycles. The number of hydrogen-bond donors (Lipinski definition) is 1. The molecule has 0 radical (unpaired) electrons. The average Bonchev–Trinajstić information content (AvgIpc) is 3.26. The maximum absolute atomic E-state index is 6.35. The number of methoxy groups -OCH3 is 1. The van der Waals surface area contributed by atoms with Crippen LogP contribution in [0.3, 0.4) is 0 Å².